The van der Waals surface area contributed by atoms with E-state index in [1.165, 1.54) is 41.9 Å². The summed E-state index contributed by atoms with van der Waals surface area (Å²) in [7, 11) is -4.18. The van der Waals surface area contributed by atoms with Gasteiger partial charge < -0.3 is 14.4 Å². The number of halogens is 1. The number of carbonyl (C=O) groups is 2. The van der Waals surface area contributed by atoms with E-state index in [1.54, 1.807) is 17.0 Å². The fourth-order valence-electron chi connectivity index (χ4n) is 4.48. The highest BCUT2D eigenvalue weighted by atomic mass is 32.2. The summed E-state index contributed by atoms with van der Waals surface area (Å²) in [5, 5.41) is 9.35. The Morgan fingerprint density at radius 2 is 1.72 bits per heavy atom. The Hall–Kier alpha value is -3.06. The summed E-state index contributed by atoms with van der Waals surface area (Å²) in [6.07, 6.45) is 0.699. The van der Waals surface area contributed by atoms with E-state index in [2.05, 4.69) is 0 Å². The Bertz CT molecular complexity index is 1170. The zero-order valence-corrected chi connectivity index (χ0v) is 20.3. The van der Waals surface area contributed by atoms with Crippen molar-refractivity contribution in [3.63, 3.8) is 0 Å². The van der Waals surface area contributed by atoms with E-state index in [1.807, 2.05) is 0 Å². The van der Waals surface area contributed by atoms with Gasteiger partial charge in [0, 0.05) is 19.6 Å². The zero-order chi connectivity index (χ0) is 25.7. The molecule has 0 bridgehead atoms. The molecule has 2 heterocycles. The number of benzene rings is 2. The van der Waals surface area contributed by atoms with Crippen molar-refractivity contribution in [2.24, 2.45) is 5.92 Å². The van der Waals surface area contributed by atoms with E-state index >= 15 is 0 Å². The highest BCUT2D eigenvalue weighted by molar-refractivity contribution is 7.89. The fraction of sp³-hybridized carbons (Fsp3) is 0.417. The number of sulfonamides is 1. The summed E-state index contributed by atoms with van der Waals surface area (Å²) >= 11 is 0. The summed E-state index contributed by atoms with van der Waals surface area (Å²) in [6, 6.07) is 10.1. The van der Waals surface area contributed by atoms with Gasteiger partial charge in [0.2, 0.25) is 15.9 Å². The monoisotopic (exact) mass is 521 g/mol. The summed E-state index contributed by atoms with van der Waals surface area (Å²) in [5.41, 5.74) is 2.28. The van der Waals surface area contributed by atoms with Crippen molar-refractivity contribution in [2.45, 2.75) is 30.4 Å². The van der Waals surface area contributed by atoms with Crippen LogP contribution in [-0.4, -0.2) is 73.5 Å². The minimum absolute atomic E-state index is 0.0239. The number of hydroxylamine groups is 1. The molecule has 2 atom stereocenters. The van der Waals surface area contributed by atoms with Gasteiger partial charge in [-0.05, 0) is 54.8 Å². The highest BCUT2D eigenvalue weighted by Gasteiger charge is 2.47. The summed E-state index contributed by atoms with van der Waals surface area (Å²) in [4.78, 5) is 27.3. The van der Waals surface area contributed by atoms with Crippen molar-refractivity contribution in [1.82, 2.24) is 14.7 Å². The van der Waals surface area contributed by atoms with Gasteiger partial charge in [-0.15, -0.1) is 0 Å². The first kappa shape index (κ1) is 26.0. The van der Waals surface area contributed by atoms with E-state index in [4.69, 9.17) is 9.47 Å². The van der Waals surface area contributed by atoms with Crippen LogP contribution in [0.5, 0.6) is 5.75 Å². The van der Waals surface area contributed by atoms with Crippen LogP contribution < -0.4 is 10.2 Å². The minimum Gasteiger partial charge on any atom is -0.489 e. The van der Waals surface area contributed by atoms with Gasteiger partial charge >= 0.3 is 0 Å². The second-order valence-electron chi connectivity index (χ2n) is 8.61. The molecule has 2 unspecified atom stereocenters. The molecular weight excluding hydrogens is 493 g/mol. The predicted octanol–water partition coefficient (Wildman–Crippen LogP) is 1.54. The molecule has 194 valence electrons. The topological polar surface area (TPSA) is 125 Å². The van der Waals surface area contributed by atoms with E-state index in [0.717, 1.165) is 9.87 Å². The summed E-state index contributed by atoms with van der Waals surface area (Å²) < 4.78 is 52.0. The molecule has 2 N–H and O–H groups in total. The number of hydrogen-bond acceptors (Lipinski definition) is 7. The molecule has 36 heavy (non-hydrogen) atoms. The number of nitrogens with zero attached hydrogens (tertiary/aromatic N) is 2. The quantitative estimate of drug-likeness (QED) is 0.418. The number of piperidine rings is 1. The lowest BCUT2D eigenvalue weighted by Gasteiger charge is -2.40. The number of amides is 2. The van der Waals surface area contributed by atoms with Gasteiger partial charge in [0.1, 0.15) is 24.2 Å². The standard InChI is InChI=1S/C24H28FN3O7S/c25-18-5-3-17(4-6-18)16-35-19-7-9-20(10-8-19)36(32,33)28-11-1-2-21(22(28)23(29)26-31)24(30)27-12-14-34-15-13-27/h3-10,21-22,31H,1-2,11-16H2,(H,26,29). The number of morpholine rings is 1. The van der Waals surface area contributed by atoms with Gasteiger partial charge in [-0.3, -0.25) is 14.8 Å². The first-order valence-corrected chi connectivity index (χ1v) is 13.0. The molecular formula is C24H28FN3O7S. The molecule has 0 spiro atoms. The van der Waals surface area contributed by atoms with Crippen LogP contribution in [0.3, 0.4) is 0 Å². The molecule has 4 rings (SSSR count). The molecule has 2 aromatic rings. The molecule has 0 aromatic heterocycles. The molecule has 2 saturated heterocycles. The normalized spacial score (nSPS) is 21.1. The maximum absolute atomic E-state index is 13.5. The largest absolute Gasteiger partial charge is 0.489 e. The Labute approximate surface area is 208 Å². The third-order valence-corrected chi connectivity index (χ3v) is 8.25. The van der Waals surface area contributed by atoms with E-state index < -0.39 is 27.9 Å². The van der Waals surface area contributed by atoms with Crippen molar-refractivity contribution in [3.05, 3.63) is 59.9 Å². The van der Waals surface area contributed by atoms with Crippen LogP contribution >= 0.6 is 0 Å². The van der Waals surface area contributed by atoms with E-state index in [9.17, 15) is 27.6 Å². The minimum atomic E-state index is -4.18. The van der Waals surface area contributed by atoms with Gasteiger partial charge in [0.25, 0.3) is 5.91 Å². The van der Waals surface area contributed by atoms with Crippen LogP contribution in [0.2, 0.25) is 0 Å². The Morgan fingerprint density at radius 3 is 2.36 bits per heavy atom. The molecule has 2 aliphatic rings. The van der Waals surface area contributed by atoms with Crippen LogP contribution in [0, 0.1) is 11.7 Å². The van der Waals surface area contributed by atoms with Gasteiger partial charge in [-0.1, -0.05) is 12.1 Å². The Balaban J connectivity index is 1.52. The number of nitrogens with one attached hydrogen (secondary N) is 1. The second kappa shape index (κ2) is 11.3. The predicted molar refractivity (Wildman–Crippen MR) is 125 cm³/mol. The first-order chi connectivity index (χ1) is 17.3. The average molecular weight is 522 g/mol. The number of rotatable bonds is 7. The lowest BCUT2D eigenvalue weighted by molar-refractivity contribution is -0.149. The Kier molecular flexibility index (Phi) is 8.19. The van der Waals surface area contributed by atoms with Crippen LogP contribution in [0.1, 0.15) is 18.4 Å². The van der Waals surface area contributed by atoms with Crippen LogP contribution in [0.4, 0.5) is 4.39 Å². The molecule has 0 saturated carbocycles. The number of hydrogen-bond donors (Lipinski definition) is 2. The van der Waals surface area contributed by atoms with Gasteiger partial charge in [0.05, 0.1) is 24.0 Å². The lowest BCUT2D eigenvalue weighted by Crippen LogP contribution is -2.59. The third-order valence-electron chi connectivity index (χ3n) is 6.35. The van der Waals surface area contributed by atoms with Crippen molar-refractivity contribution in [2.75, 3.05) is 32.8 Å². The summed E-state index contributed by atoms with van der Waals surface area (Å²) in [6.45, 7) is 1.64. The first-order valence-electron chi connectivity index (χ1n) is 11.6. The van der Waals surface area contributed by atoms with E-state index in [0.29, 0.717) is 44.9 Å². The SMILES string of the molecule is O=C(NO)C1C(C(=O)N2CCOCC2)CCCN1S(=O)(=O)c1ccc(OCc2ccc(F)cc2)cc1. The molecule has 2 fully saturated rings. The average Bonchev–Trinajstić information content (AvgIpc) is 2.92. The molecule has 0 radical (unpaired) electrons. The molecule has 12 heteroatoms. The Morgan fingerprint density at radius 1 is 1.06 bits per heavy atom. The van der Waals surface area contributed by atoms with Crippen molar-refractivity contribution in [1.29, 1.82) is 0 Å². The molecule has 2 amide bonds. The number of ether oxygens (including phenoxy) is 2. The van der Waals surface area contributed by atoms with Gasteiger partial charge in [0.15, 0.2) is 0 Å². The van der Waals surface area contributed by atoms with Crippen LogP contribution in [0.25, 0.3) is 0 Å². The summed E-state index contributed by atoms with van der Waals surface area (Å²) in [5.74, 6) is -2.17. The maximum atomic E-state index is 13.5. The van der Waals surface area contributed by atoms with Crippen molar-refractivity contribution in [3.8, 4) is 5.75 Å². The maximum Gasteiger partial charge on any atom is 0.262 e. The van der Waals surface area contributed by atoms with Crippen molar-refractivity contribution < 1.29 is 37.1 Å². The van der Waals surface area contributed by atoms with Gasteiger partial charge in [-0.25, -0.2) is 18.3 Å². The van der Waals surface area contributed by atoms with Gasteiger partial charge in [-0.2, -0.15) is 4.31 Å². The fourth-order valence-corrected chi connectivity index (χ4v) is 6.14. The third kappa shape index (κ3) is 5.67. The van der Waals surface area contributed by atoms with E-state index in [-0.39, 0.29) is 29.8 Å². The molecule has 10 nitrogen and oxygen atoms in total. The molecule has 2 aliphatic heterocycles. The smallest absolute Gasteiger partial charge is 0.262 e. The number of carbonyl (C=O) groups excluding carboxylic acids is 2. The molecule has 0 aliphatic carbocycles. The van der Waals surface area contributed by atoms with Crippen LogP contribution in [-0.2, 0) is 31.0 Å². The van der Waals surface area contributed by atoms with Crippen molar-refractivity contribution >= 4 is 21.8 Å². The highest BCUT2D eigenvalue weighted by Crippen LogP contribution is 2.32. The van der Waals surface area contributed by atoms with Crippen LogP contribution in [0.15, 0.2) is 53.4 Å². The zero-order valence-electron chi connectivity index (χ0n) is 19.5. The second-order valence-corrected chi connectivity index (χ2v) is 10.5. The lowest BCUT2D eigenvalue weighted by atomic mass is 9.89. The molecule has 2 aromatic carbocycles.